The fourth-order valence-electron chi connectivity index (χ4n) is 4.92. The molecule has 0 radical (unpaired) electrons. The molecule has 0 aromatic heterocycles. The van der Waals surface area contributed by atoms with Gasteiger partial charge in [-0.1, -0.05) is 6.08 Å². The maximum absolute atomic E-state index is 12.8. The number of halogens is 3. The molecule has 10 heteroatoms. The van der Waals surface area contributed by atoms with Gasteiger partial charge in [-0.3, -0.25) is 4.79 Å². The number of hydrogen-bond acceptors (Lipinski definition) is 5. The van der Waals surface area contributed by atoms with Crippen molar-refractivity contribution in [3.63, 3.8) is 0 Å². The minimum Gasteiger partial charge on any atom is -0.475 e. The highest BCUT2D eigenvalue weighted by molar-refractivity contribution is 5.93. The molecule has 0 aromatic carbocycles. The average Bonchev–Trinajstić information content (AvgIpc) is 3.09. The number of carbonyl (C=O) groups is 2. The maximum Gasteiger partial charge on any atom is 0.490 e. The molecule has 0 aromatic rings. The highest BCUT2D eigenvalue weighted by Gasteiger charge is 2.48. The zero-order valence-electron chi connectivity index (χ0n) is 19.0. The van der Waals surface area contributed by atoms with E-state index in [4.69, 9.17) is 19.4 Å². The van der Waals surface area contributed by atoms with Gasteiger partial charge in [0.1, 0.15) is 0 Å². The van der Waals surface area contributed by atoms with Crippen molar-refractivity contribution in [1.82, 2.24) is 9.80 Å². The number of alkyl halides is 3. The number of methoxy groups -OCH3 is 2. The molecule has 3 rings (SSSR count). The molecule has 1 atom stereocenters. The van der Waals surface area contributed by atoms with Crippen molar-refractivity contribution in [1.29, 1.82) is 0 Å². The fourth-order valence-corrected chi connectivity index (χ4v) is 4.92. The maximum atomic E-state index is 12.8. The number of piperidine rings is 1. The van der Waals surface area contributed by atoms with Crippen LogP contribution < -0.4 is 0 Å². The van der Waals surface area contributed by atoms with E-state index in [-0.39, 0.29) is 0 Å². The number of rotatable bonds is 6. The van der Waals surface area contributed by atoms with Gasteiger partial charge in [0.15, 0.2) is 0 Å². The van der Waals surface area contributed by atoms with Crippen LogP contribution in [0.4, 0.5) is 13.2 Å². The van der Waals surface area contributed by atoms with Crippen molar-refractivity contribution in [2.24, 2.45) is 11.3 Å². The largest absolute Gasteiger partial charge is 0.490 e. The van der Waals surface area contributed by atoms with Gasteiger partial charge in [-0.25, -0.2) is 4.79 Å². The van der Waals surface area contributed by atoms with Gasteiger partial charge in [-0.2, -0.15) is 13.2 Å². The van der Waals surface area contributed by atoms with E-state index in [0.717, 1.165) is 77.2 Å². The first-order valence-electron chi connectivity index (χ1n) is 11.1. The summed E-state index contributed by atoms with van der Waals surface area (Å²) >= 11 is 0. The van der Waals surface area contributed by atoms with Gasteiger partial charge >= 0.3 is 12.1 Å². The van der Waals surface area contributed by atoms with Crippen LogP contribution in [0, 0.1) is 11.3 Å². The molecular formula is C22H35F3N2O5. The van der Waals surface area contributed by atoms with Crippen molar-refractivity contribution in [2.45, 2.75) is 44.7 Å². The summed E-state index contributed by atoms with van der Waals surface area (Å²) in [7, 11) is 3.57. The Bertz CT molecular complexity index is 660. The van der Waals surface area contributed by atoms with Crippen LogP contribution in [0.25, 0.3) is 0 Å². The molecule has 2 saturated heterocycles. The minimum absolute atomic E-state index is 0.298. The minimum atomic E-state index is -5.08. The molecule has 1 unspecified atom stereocenters. The van der Waals surface area contributed by atoms with E-state index in [0.29, 0.717) is 17.2 Å². The number of hydrogen-bond donors (Lipinski definition) is 1. The number of carboxylic acid groups (broad SMARTS) is 1. The van der Waals surface area contributed by atoms with Gasteiger partial charge in [-0.05, 0) is 43.9 Å². The van der Waals surface area contributed by atoms with Gasteiger partial charge in [0, 0.05) is 58.4 Å². The summed E-state index contributed by atoms with van der Waals surface area (Å²) < 4.78 is 42.5. The van der Waals surface area contributed by atoms with E-state index in [1.165, 1.54) is 12.8 Å². The van der Waals surface area contributed by atoms with Crippen LogP contribution in [0.5, 0.6) is 0 Å². The van der Waals surface area contributed by atoms with Crippen molar-refractivity contribution < 1.29 is 37.3 Å². The van der Waals surface area contributed by atoms with Crippen molar-refractivity contribution in [2.75, 3.05) is 60.2 Å². The molecule has 184 valence electrons. The van der Waals surface area contributed by atoms with E-state index in [1.807, 2.05) is 0 Å². The van der Waals surface area contributed by atoms with Crippen LogP contribution in [-0.4, -0.2) is 93.1 Å². The molecule has 1 N–H and O–H groups in total. The lowest BCUT2D eigenvalue weighted by molar-refractivity contribution is -0.192. The average molecular weight is 465 g/mol. The third kappa shape index (κ3) is 7.18. The van der Waals surface area contributed by atoms with Gasteiger partial charge in [0.25, 0.3) is 0 Å². The van der Waals surface area contributed by atoms with Gasteiger partial charge in [0.05, 0.1) is 13.2 Å². The van der Waals surface area contributed by atoms with E-state index in [9.17, 15) is 18.0 Å². The summed E-state index contributed by atoms with van der Waals surface area (Å²) in [6.45, 7) is 6.61. The second kappa shape index (κ2) is 12.0. The van der Waals surface area contributed by atoms with E-state index in [1.54, 1.807) is 14.2 Å². The third-order valence-corrected chi connectivity index (χ3v) is 6.72. The quantitative estimate of drug-likeness (QED) is 0.651. The molecule has 3 aliphatic rings. The number of carboxylic acids is 1. The highest BCUT2D eigenvalue weighted by atomic mass is 19.4. The summed E-state index contributed by atoms with van der Waals surface area (Å²) in [5, 5.41) is 7.12. The van der Waals surface area contributed by atoms with Crippen LogP contribution >= 0.6 is 0 Å². The zero-order chi connectivity index (χ0) is 23.8. The normalized spacial score (nSPS) is 23.5. The van der Waals surface area contributed by atoms with Crippen LogP contribution in [0.1, 0.15) is 38.5 Å². The van der Waals surface area contributed by atoms with Crippen LogP contribution in [0.2, 0.25) is 0 Å². The summed E-state index contributed by atoms with van der Waals surface area (Å²) in [5.74, 6) is -1.89. The lowest BCUT2D eigenvalue weighted by Crippen LogP contribution is -2.47. The first-order chi connectivity index (χ1) is 15.1. The van der Waals surface area contributed by atoms with E-state index in [2.05, 4.69) is 15.9 Å². The Morgan fingerprint density at radius 2 is 1.84 bits per heavy atom. The van der Waals surface area contributed by atoms with Gasteiger partial charge in [-0.15, -0.1) is 0 Å². The molecule has 2 heterocycles. The first-order valence-corrected chi connectivity index (χ1v) is 11.1. The summed E-state index contributed by atoms with van der Waals surface area (Å²) in [6.07, 6.45) is 3.73. The Kier molecular flexibility index (Phi) is 9.97. The predicted molar refractivity (Wildman–Crippen MR) is 112 cm³/mol. The molecule has 1 aliphatic carbocycles. The van der Waals surface area contributed by atoms with Crippen molar-refractivity contribution >= 4 is 11.9 Å². The molecule has 32 heavy (non-hydrogen) atoms. The Morgan fingerprint density at radius 3 is 2.34 bits per heavy atom. The van der Waals surface area contributed by atoms with Gasteiger partial charge in [0.2, 0.25) is 5.91 Å². The van der Waals surface area contributed by atoms with Crippen LogP contribution in [0.3, 0.4) is 0 Å². The number of allylic oxidation sites excluding steroid dienone is 1. The Hall–Kier alpha value is -1.65. The SMILES string of the molecule is COCCN1CC(COC)C2(CCN(C(=O)C3=CCCCC3)CC2)C1.O=C(O)C(F)(F)F. The Labute approximate surface area is 187 Å². The lowest BCUT2D eigenvalue weighted by atomic mass is 9.71. The van der Waals surface area contributed by atoms with Crippen LogP contribution in [0.15, 0.2) is 11.6 Å². The van der Waals surface area contributed by atoms with Crippen molar-refractivity contribution in [3.8, 4) is 0 Å². The molecule has 1 spiro atoms. The molecule has 0 bridgehead atoms. The number of amides is 1. The second-order valence-corrected chi connectivity index (χ2v) is 8.81. The molecule has 2 fully saturated rings. The van der Waals surface area contributed by atoms with E-state index >= 15 is 0 Å². The van der Waals surface area contributed by atoms with E-state index < -0.39 is 12.1 Å². The molecule has 7 nitrogen and oxygen atoms in total. The molecular weight excluding hydrogens is 429 g/mol. The van der Waals surface area contributed by atoms with Gasteiger partial charge < -0.3 is 24.4 Å². The number of aliphatic carboxylic acids is 1. The second-order valence-electron chi connectivity index (χ2n) is 8.81. The number of carbonyl (C=O) groups excluding carboxylic acids is 1. The van der Waals surface area contributed by atoms with Crippen molar-refractivity contribution in [3.05, 3.63) is 11.6 Å². The first kappa shape index (κ1) is 26.6. The standard InChI is InChI=1S/C20H34N2O3.C2HF3O2/c1-24-13-12-21-14-18(15-25-2)20(16-21)8-10-22(11-9-20)19(23)17-6-4-3-5-7-17;3-2(4,5)1(6)7/h6,18H,3-5,7-16H2,1-2H3;(H,6,7). The van der Waals surface area contributed by atoms with Crippen LogP contribution in [-0.2, 0) is 19.1 Å². The predicted octanol–water partition coefficient (Wildman–Crippen LogP) is 2.95. The topological polar surface area (TPSA) is 79.3 Å². The smallest absolute Gasteiger partial charge is 0.475 e. The highest BCUT2D eigenvalue weighted by Crippen LogP contribution is 2.45. The fraction of sp³-hybridized carbons (Fsp3) is 0.818. The number of nitrogens with zero attached hydrogens (tertiary/aromatic N) is 2. The zero-order valence-corrected chi connectivity index (χ0v) is 19.0. The number of likely N-dealkylation sites (tertiary alicyclic amines) is 2. The lowest BCUT2D eigenvalue weighted by Gasteiger charge is -2.43. The molecule has 2 aliphatic heterocycles. The summed E-state index contributed by atoms with van der Waals surface area (Å²) in [6, 6.07) is 0. The Balaban J connectivity index is 0.000000451. The molecule has 1 amide bonds. The summed E-state index contributed by atoms with van der Waals surface area (Å²) in [4.78, 5) is 26.3. The number of ether oxygens (including phenoxy) is 2. The summed E-state index contributed by atoms with van der Waals surface area (Å²) in [5.41, 5.74) is 1.37. The molecule has 0 saturated carbocycles. The Morgan fingerprint density at radius 1 is 1.19 bits per heavy atom. The monoisotopic (exact) mass is 464 g/mol. The third-order valence-electron chi connectivity index (χ3n) is 6.72.